The molecule has 0 aliphatic heterocycles. The fourth-order valence-electron chi connectivity index (χ4n) is 2.12. The van der Waals surface area contributed by atoms with Gasteiger partial charge in [0.05, 0.1) is 18.4 Å². The van der Waals surface area contributed by atoms with Gasteiger partial charge in [0.25, 0.3) is 5.56 Å². The number of aromatic nitrogens is 2. The Morgan fingerprint density at radius 2 is 2.05 bits per heavy atom. The molecule has 0 aliphatic rings. The molecule has 4 heteroatoms. The second-order valence-corrected chi connectivity index (χ2v) is 4.18. The summed E-state index contributed by atoms with van der Waals surface area (Å²) in [5, 5.41) is 1.57. The summed E-state index contributed by atoms with van der Waals surface area (Å²) in [6.45, 7) is 0. The Morgan fingerprint density at radius 3 is 2.89 bits per heavy atom. The number of pyridine rings is 2. The van der Waals surface area contributed by atoms with Crippen molar-refractivity contribution >= 4 is 10.8 Å². The fraction of sp³-hybridized carbons (Fsp3) is 0.0667. The molecule has 2 aromatic heterocycles. The predicted octanol–water partition coefficient (Wildman–Crippen LogP) is 2.60. The first-order valence-corrected chi connectivity index (χ1v) is 5.90. The molecule has 0 bridgehead atoms. The molecule has 3 rings (SSSR count). The lowest BCUT2D eigenvalue weighted by Crippen LogP contribution is -2.07. The number of hydrogen-bond acceptors (Lipinski definition) is 3. The van der Waals surface area contributed by atoms with Gasteiger partial charge in [-0.2, -0.15) is 0 Å². The van der Waals surface area contributed by atoms with Crippen LogP contribution in [0.25, 0.3) is 22.0 Å². The van der Waals surface area contributed by atoms with Crippen molar-refractivity contribution in [3.05, 3.63) is 59.1 Å². The summed E-state index contributed by atoms with van der Waals surface area (Å²) >= 11 is 0. The number of nitrogens with one attached hydrogen (secondary N) is 1. The molecule has 0 spiro atoms. The number of rotatable bonds is 2. The van der Waals surface area contributed by atoms with E-state index in [-0.39, 0.29) is 5.56 Å². The van der Waals surface area contributed by atoms with Crippen LogP contribution in [0.2, 0.25) is 0 Å². The lowest BCUT2D eigenvalue weighted by molar-refractivity contribution is 0.416. The number of ether oxygens (including phenoxy) is 1. The van der Waals surface area contributed by atoms with E-state index in [0.717, 1.165) is 10.9 Å². The minimum absolute atomic E-state index is 0.112. The van der Waals surface area contributed by atoms with E-state index in [9.17, 15) is 4.79 Å². The summed E-state index contributed by atoms with van der Waals surface area (Å²) in [4.78, 5) is 19.0. The topological polar surface area (TPSA) is 55.0 Å². The summed E-state index contributed by atoms with van der Waals surface area (Å²) in [5.41, 5.74) is 1.36. The SMILES string of the molecule is COc1ccncc1-c1cc2ccccc2c(=O)[nH]1. The van der Waals surface area contributed by atoms with Crippen LogP contribution in [0.15, 0.2) is 53.6 Å². The smallest absolute Gasteiger partial charge is 0.256 e. The van der Waals surface area contributed by atoms with Gasteiger partial charge in [0.15, 0.2) is 0 Å². The molecule has 0 saturated carbocycles. The Labute approximate surface area is 109 Å². The molecule has 1 N–H and O–H groups in total. The second kappa shape index (κ2) is 4.57. The maximum Gasteiger partial charge on any atom is 0.256 e. The zero-order valence-corrected chi connectivity index (χ0v) is 10.4. The van der Waals surface area contributed by atoms with Crippen LogP contribution in [-0.4, -0.2) is 17.1 Å². The van der Waals surface area contributed by atoms with Gasteiger partial charge in [-0.05, 0) is 23.6 Å². The number of H-pyrrole nitrogens is 1. The van der Waals surface area contributed by atoms with E-state index in [0.29, 0.717) is 16.8 Å². The quantitative estimate of drug-likeness (QED) is 0.762. The first-order chi connectivity index (χ1) is 9.29. The monoisotopic (exact) mass is 252 g/mol. The van der Waals surface area contributed by atoms with E-state index in [1.807, 2.05) is 24.3 Å². The molecule has 0 amide bonds. The van der Waals surface area contributed by atoms with Crippen molar-refractivity contribution in [1.82, 2.24) is 9.97 Å². The lowest BCUT2D eigenvalue weighted by Gasteiger charge is -2.08. The molecular formula is C15H12N2O2. The summed E-state index contributed by atoms with van der Waals surface area (Å²) < 4.78 is 5.29. The van der Waals surface area contributed by atoms with Crippen molar-refractivity contribution in [1.29, 1.82) is 0 Å². The Bertz CT molecular complexity index is 793. The van der Waals surface area contributed by atoms with Crippen LogP contribution in [0, 0.1) is 0 Å². The Kier molecular flexibility index (Phi) is 2.76. The van der Waals surface area contributed by atoms with Crippen molar-refractivity contribution in [3.8, 4) is 17.0 Å². The van der Waals surface area contributed by atoms with Gasteiger partial charge in [0.1, 0.15) is 5.75 Å². The van der Waals surface area contributed by atoms with Crippen LogP contribution >= 0.6 is 0 Å². The first kappa shape index (κ1) is 11.5. The van der Waals surface area contributed by atoms with Crippen molar-refractivity contribution < 1.29 is 4.74 Å². The summed E-state index contributed by atoms with van der Waals surface area (Å²) in [6, 6.07) is 11.2. The molecule has 2 heterocycles. The van der Waals surface area contributed by atoms with Crippen molar-refractivity contribution in [3.63, 3.8) is 0 Å². The van der Waals surface area contributed by atoms with Gasteiger partial charge < -0.3 is 9.72 Å². The zero-order chi connectivity index (χ0) is 13.2. The zero-order valence-electron chi connectivity index (χ0n) is 10.4. The highest BCUT2D eigenvalue weighted by atomic mass is 16.5. The summed E-state index contributed by atoms with van der Waals surface area (Å²) in [6.07, 6.45) is 3.33. The van der Waals surface area contributed by atoms with Gasteiger partial charge in [-0.15, -0.1) is 0 Å². The van der Waals surface area contributed by atoms with Gasteiger partial charge in [-0.3, -0.25) is 9.78 Å². The van der Waals surface area contributed by atoms with Gasteiger partial charge in [-0.25, -0.2) is 0 Å². The molecule has 0 fully saturated rings. The van der Waals surface area contributed by atoms with E-state index >= 15 is 0 Å². The van der Waals surface area contributed by atoms with Crippen molar-refractivity contribution in [2.45, 2.75) is 0 Å². The molecule has 94 valence electrons. The van der Waals surface area contributed by atoms with Crippen LogP contribution in [0.4, 0.5) is 0 Å². The Balaban J connectivity index is 2.29. The predicted molar refractivity (Wildman–Crippen MR) is 74.4 cm³/mol. The fourth-order valence-corrected chi connectivity index (χ4v) is 2.12. The van der Waals surface area contributed by atoms with Crippen LogP contribution < -0.4 is 10.3 Å². The Morgan fingerprint density at radius 1 is 1.21 bits per heavy atom. The van der Waals surface area contributed by atoms with Crippen LogP contribution in [0.1, 0.15) is 0 Å². The third-order valence-corrected chi connectivity index (χ3v) is 3.04. The molecule has 0 saturated heterocycles. The molecule has 0 atom stereocenters. The van der Waals surface area contributed by atoms with E-state index in [1.54, 1.807) is 31.6 Å². The highest BCUT2D eigenvalue weighted by Crippen LogP contribution is 2.27. The molecule has 4 nitrogen and oxygen atoms in total. The largest absolute Gasteiger partial charge is 0.496 e. The lowest BCUT2D eigenvalue weighted by atomic mass is 10.1. The summed E-state index contributed by atoms with van der Waals surface area (Å²) in [5.74, 6) is 0.681. The maximum atomic E-state index is 12.1. The first-order valence-electron chi connectivity index (χ1n) is 5.90. The molecule has 1 aromatic carbocycles. The standard InChI is InChI=1S/C15H12N2O2/c1-19-14-6-7-16-9-12(14)13-8-10-4-2-3-5-11(10)15(18)17-13/h2-9H,1H3,(H,17,18). The van der Waals surface area contributed by atoms with Gasteiger partial charge in [-0.1, -0.05) is 18.2 Å². The number of fused-ring (bicyclic) bond motifs is 1. The average molecular weight is 252 g/mol. The highest BCUT2D eigenvalue weighted by molar-refractivity contribution is 5.85. The molecule has 0 unspecified atom stereocenters. The normalized spacial score (nSPS) is 10.6. The van der Waals surface area contributed by atoms with Crippen molar-refractivity contribution in [2.24, 2.45) is 0 Å². The minimum Gasteiger partial charge on any atom is -0.496 e. The van der Waals surface area contributed by atoms with E-state index in [2.05, 4.69) is 9.97 Å². The number of hydrogen-bond donors (Lipinski definition) is 1. The van der Waals surface area contributed by atoms with Crippen LogP contribution in [0.5, 0.6) is 5.75 Å². The third-order valence-electron chi connectivity index (χ3n) is 3.04. The minimum atomic E-state index is -0.112. The molecule has 0 aliphatic carbocycles. The maximum absolute atomic E-state index is 12.1. The molecule has 0 radical (unpaired) electrons. The molecule has 3 aromatic rings. The van der Waals surface area contributed by atoms with Gasteiger partial charge in [0.2, 0.25) is 0 Å². The van der Waals surface area contributed by atoms with Gasteiger partial charge in [0, 0.05) is 17.8 Å². The average Bonchev–Trinajstić information content (AvgIpc) is 2.47. The van der Waals surface area contributed by atoms with E-state index < -0.39 is 0 Å². The van der Waals surface area contributed by atoms with E-state index in [4.69, 9.17) is 4.74 Å². The number of benzene rings is 1. The number of methoxy groups -OCH3 is 1. The van der Waals surface area contributed by atoms with Gasteiger partial charge >= 0.3 is 0 Å². The van der Waals surface area contributed by atoms with Crippen LogP contribution in [-0.2, 0) is 0 Å². The van der Waals surface area contributed by atoms with E-state index in [1.165, 1.54) is 0 Å². The Hall–Kier alpha value is -2.62. The third kappa shape index (κ3) is 1.97. The second-order valence-electron chi connectivity index (χ2n) is 4.18. The highest BCUT2D eigenvalue weighted by Gasteiger charge is 2.08. The number of nitrogens with zero attached hydrogens (tertiary/aromatic N) is 1. The molecule has 19 heavy (non-hydrogen) atoms. The van der Waals surface area contributed by atoms with Crippen LogP contribution in [0.3, 0.4) is 0 Å². The number of aromatic amines is 1. The molecular weight excluding hydrogens is 240 g/mol. The van der Waals surface area contributed by atoms with Crippen molar-refractivity contribution in [2.75, 3.05) is 7.11 Å². The summed E-state index contributed by atoms with van der Waals surface area (Å²) in [7, 11) is 1.60.